The van der Waals surface area contributed by atoms with Crippen molar-refractivity contribution in [1.82, 2.24) is 0 Å². The van der Waals surface area contributed by atoms with Crippen molar-refractivity contribution in [2.75, 3.05) is 13.2 Å². The molecule has 0 saturated heterocycles. The van der Waals surface area contributed by atoms with Crippen LogP contribution < -0.4 is 0 Å². The molecule has 0 aromatic heterocycles. The van der Waals surface area contributed by atoms with Gasteiger partial charge in [0, 0.05) is 19.3 Å². The quantitative estimate of drug-likeness (QED) is 0.0261. The van der Waals surface area contributed by atoms with Crippen LogP contribution in [0.25, 0.3) is 0 Å². The van der Waals surface area contributed by atoms with E-state index in [4.69, 9.17) is 14.2 Å². The summed E-state index contributed by atoms with van der Waals surface area (Å²) < 4.78 is 16.8. The first kappa shape index (κ1) is 74.0. The molecule has 6 nitrogen and oxygen atoms in total. The number of ether oxygens (including phenoxy) is 3. The molecule has 0 aromatic carbocycles. The molecule has 1 unspecified atom stereocenters. The van der Waals surface area contributed by atoms with Gasteiger partial charge in [-0.15, -0.1) is 0 Å². The molecule has 0 heterocycles. The third-order valence-corrected chi connectivity index (χ3v) is 13.0. The van der Waals surface area contributed by atoms with Crippen molar-refractivity contribution in [3.63, 3.8) is 0 Å². The van der Waals surface area contributed by atoms with Crippen molar-refractivity contribution >= 4 is 17.9 Å². The zero-order valence-corrected chi connectivity index (χ0v) is 50.8. The third-order valence-electron chi connectivity index (χ3n) is 13.0. The Morgan fingerprint density at radius 1 is 0.266 bits per heavy atom. The van der Waals surface area contributed by atoms with Crippen molar-refractivity contribution in [3.05, 3.63) is 158 Å². The molecule has 0 rings (SSSR count). The van der Waals surface area contributed by atoms with Crippen molar-refractivity contribution in [3.8, 4) is 0 Å². The Morgan fingerprint density at radius 2 is 0.519 bits per heavy atom. The van der Waals surface area contributed by atoms with Gasteiger partial charge in [-0.2, -0.15) is 0 Å². The van der Waals surface area contributed by atoms with Gasteiger partial charge in [-0.05, 0) is 128 Å². The highest BCUT2D eigenvalue weighted by atomic mass is 16.6. The molecule has 0 amide bonds. The largest absolute Gasteiger partial charge is 0.462 e. The van der Waals surface area contributed by atoms with E-state index in [1.165, 1.54) is 77.0 Å². The Bertz CT molecular complexity index is 1780. The molecule has 79 heavy (non-hydrogen) atoms. The van der Waals surface area contributed by atoms with E-state index in [1.54, 1.807) is 0 Å². The average molecular weight is 1090 g/mol. The summed E-state index contributed by atoms with van der Waals surface area (Å²) in [5.41, 5.74) is 0. The van der Waals surface area contributed by atoms with Gasteiger partial charge in [0.2, 0.25) is 0 Å². The number of rotatable bonds is 56. The molecule has 0 fully saturated rings. The molecule has 1 atom stereocenters. The van der Waals surface area contributed by atoms with Gasteiger partial charge in [-0.1, -0.05) is 275 Å². The molecule has 0 bridgehead atoms. The van der Waals surface area contributed by atoms with Crippen molar-refractivity contribution in [2.24, 2.45) is 0 Å². The van der Waals surface area contributed by atoms with Crippen LogP contribution in [0.4, 0.5) is 0 Å². The number of carbonyl (C=O) groups is 3. The fourth-order valence-electron chi connectivity index (χ4n) is 8.30. The normalized spacial score (nSPS) is 13.2. The van der Waals surface area contributed by atoms with Crippen LogP contribution in [0.2, 0.25) is 0 Å². The Labute approximate surface area is 486 Å². The van der Waals surface area contributed by atoms with Crippen LogP contribution in [0.15, 0.2) is 158 Å². The fourth-order valence-corrected chi connectivity index (χ4v) is 8.30. The van der Waals surface area contributed by atoms with Crippen molar-refractivity contribution in [2.45, 2.75) is 271 Å². The van der Waals surface area contributed by atoms with Crippen molar-refractivity contribution < 1.29 is 28.6 Å². The van der Waals surface area contributed by atoms with Gasteiger partial charge in [-0.3, -0.25) is 14.4 Å². The molecule has 6 heteroatoms. The molecule has 0 aromatic rings. The third kappa shape index (κ3) is 63.7. The minimum absolute atomic E-state index is 0.119. The van der Waals surface area contributed by atoms with E-state index < -0.39 is 12.1 Å². The maximum absolute atomic E-state index is 12.9. The summed E-state index contributed by atoms with van der Waals surface area (Å²) in [5, 5.41) is 0. The maximum Gasteiger partial charge on any atom is 0.306 e. The molecule has 444 valence electrons. The lowest BCUT2D eigenvalue weighted by molar-refractivity contribution is -0.166. The first-order chi connectivity index (χ1) is 39.0. The van der Waals surface area contributed by atoms with Crippen LogP contribution >= 0.6 is 0 Å². The molecule has 0 aliphatic carbocycles. The van der Waals surface area contributed by atoms with E-state index in [-0.39, 0.29) is 31.6 Å². The zero-order chi connectivity index (χ0) is 57.1. The lowest BCUT2D eigenvalue weighted by atomic mass is 10.0. The maximum atomic E-state index is 12.9. The molecule has 0 saturated carbocycles. The topological polar surface area (TPSA) is 78.9 Å². The molecule has 0 aliphatic heterocycles. The first-order valence-electron chi connectivity index (χ1n) is 32.0. The number of unbranched alkanes of at least 4 members (excludes halogenated alkanes) is 19. The van der Waals surface area contributed by atoms with Crippen LogP contribution in [0.3, 0.4) is 0 Å². The Kier molecular flexibility index (Phi) is 61.4. The Balaban J connectivity index is 4.38. The van der Waals surface area contributed by atoms with E-state index in [2.05, 4.69) is 167 Å². The lowest BCUT2D eigenvalue weighted by Crippen LogP contribution is -2.30. The summed E-state index contributed by atoms with van der Waals surface area (Å²) in [6.45, 7) is 6.27. The first-order valence-corrected chi connectivity index (χ1v) is 32.0. The summed E-state index contributed by atoms with van der Waals surface area (Å²) in [6.07, 6.45) is 95.5. The van der Waals surface area contributed by atoms with E-state index in [9.17, 15) is 14.4 Å². The molecular formula is C73H116O6. The van der Waals surface area contributed by atoms with Gasteiger partial charge in [0.1, 0.15) is 13.2 Å². The second kappa shape index (κ2) is 65.5. The highest BCUT2D eigenvalue weighted by molar-refractivity contribution is 5.71. The highest BCUT2D eigenvalue weighted by Crippen LogP contribution is 2.15. The summed E-state index contributed by atoms with van der Waals surface area (Å²) in [6, 6.07) is 0. The van der Waals surface area contributed by atoms with Gasteiger partial charge in [0.25, 0.3) is 0 Å². The number of esters is 3. The number of carbonyl (C=O) groups excluding carboxylic acids is 3. The summed E-state index contributed by atoms with van der Waals surface area (Å²) >= 11 is 0. The Hall–Kier alpha value is -4.97. The smallest absolute Gasteiger partial charge is 0.306 e. The van der Waals surface area contributed by atoms with Crippen LogP contribution in [-0.4, -0.2) is 37.2 Å². The average Bonchev–Trinajstić information content (AvgIpc) is 3.45. The predicted molar refractivity (Wildman–Crippen MR) is 343 cm³/mol. The van der Waals surface area contributed by atoms with Crippen LogP contribution in [0.1, 0.15) is 265 Å². The standard InChI is InChI=1S/C73H116O6/c1-4-7-10-13-16-19-22-25-27-29-31-32-33-34-35-36-37-38-39-40-42-43-45-48-51-54-57-60-63-66-72(75)78-69-70(68-77-71(74)65-62-59-56-53-50-47-24-21-18-15-12-9-6-3)79-73(76)67-64-61-58-55-52-49-46-44-41-30-28-26-23-20-17-14-11-8-5-2/h7-8,10-12,15-17,19-21,24-28,31-32,34-35,41,44,49,52,58,61,70H,4-6,9,13-14,18,22-23,29-30,33,36-40,42-43,45-48,50-51,53-57,59-60,62-69H2,1-3H3/b10-7-,11-8-,15-12-,19-16-,20-17-,24-21-,27-25-,28-26-,32-31-,35-34-,44-41-,52-49-,61-58-. The van der Waals surface area contributed by atoms with Gasteiger partial charge >= 0.3 is 17.9 Å². The second-order valence-corrected chi connectivity index (χ2v) is 20.5. The molecule has 0 radical (unpaired) electrons. The van der Waals surface area contributed by atoms with Crippen LogP contribution in [0, 0.1) is 0 Å². The van der Waals surface area contributed by atoms with E-state index in [1.807, 2.05) is 12.2 Å². The monoisotopic (exact) mass is 1090 g/mol. The van der Waals surface area contributed by atoms with E-state index in [0.29, 0.717) is 19.3 Å². The van der Waals surface area contributed by atoms with Gasteiger partial charge in [0.05, 0.1) is 0 Å². The van der Waals surface area contributed by atoms with Crippen LogP contribution in [0.5, 0.6) is 0 Å². The summed E-state index contributed by atoms with van der Waals surface area (Å²) in [7, 11) is 0. The molecule has 0 aliphatic rings. The van der Waals surface area contributed by atoms with Gasteiger partial charge in [0.15, 0.2) is 6.10 Å². The summed E-state index contributed by atoms with van der Waals surface area (Å²) in [5.74, 6) is -1.02. The summed E-state index contributed by atoms with van der Waals surface area (Å²) in [4.78, 5) is 38.2. The lowest BCUT2D eigenvalue weighted by Gasteiger charge is -2.18. The van der Waals surface area contributed by atoms with Crippen molar-refractivity contribution in [1.29, 1.82) is 0 Å². The fraction of sp³-hybridized carbons (Fsp3) is 0.603. The SMILES string of the molecule is CC/C=C\C/C=C\C/C=C\C/C=C\C/C=C\C/C=C\CCC(=O)OC(COC(=O)CCCCCCC/C=C\C/C=C\CCC)COC(=O)CCCCCCCCCCCCCCC/C=C\C/C=C\C/C=C\C/C=C\C/C=C\CC. The second-order valence-electron chi connectivity index (χ2n) is 20.5. The number of hydrogen-bond donors (Lipinski definition) is 0. The zero-order valence-electron chi connectivity index (χ0n) is 50.8. The molecule has 0 spiro atoms. The van der Waals surface area contributed by atoms with Gasteiger partial charge < -0.3 is 14.2 Å². The number of allylic oxidation sites excluding steroid dienone is 26. The molecular weight excluding hydrogens is 973 g/mol. The number of hydrogen-bond acceptors (Lipinski definition) is 6. The van der Waals surface area contributed by atoms with E-state index >= 15 is 0 Å². The predicted octanol–water partition coefficient (Wildman–Crippen LogP) is 22.1. The minimum atomic E-state index is -0.832. The minimum Gasteiger partial charge on any atom is -0.462 e. The Morgan fingerprint density at radius 3 is 0.823 bits per heavy atom. The van der Waals surface area contributed by atoms with Crippen LogP contribution in [-0.2, 0) is 28.6 Å². The van der Waals surface area contributed by atoms with E-state index in [0.717, 1.165) is 141 Å². The highest BCUT2D eigenvalue weighted by Gasteiger charge is 2.19. The van der Waals surface area contributed by atoms with Gasteiger partial charge in [-0.25, -0.2) is 0 Å². The molecule has 0 N–H and O–H groups in total.